The number of ether oxygens (including phenoxy) is 1. The molecule has 26 heavy (non-hydrogen) atoms. The summed E-state index contributed by atoms with van der Waals surface area (Å²) in [6.45, 7) is 9.97. The van der Waals surface area contributed by atoms with Gasteiger partial charge < -0.3 is 15.4 Å². The summed E-state index contributed by atoms with van der Waals surface area (Å²) in [6, 6.07) is 10.2. The number of aromatic nitrogens is 2. The van der Waals surface area contributed by atoms with E-state index in [1.165, 1.54) is 5.56 Å². The van der Waals surface area contributed by atoms with Crippen molar-refractivity contribution in [2.24, 2.45) is 4.99 Å². The van der Waals surface area contributed by atoms with Crippen LogP contribution in [0.4, 0.5) is 0 Å². The zero-order valence-corrected chi connectivity index (χ0v) is 16.2. The van der Waals surface area contributed by atoms with Gasteiger partial charge in [0.05, 0.1) is 18.0 Å². The predicted molar refractivity (Wildman–Crippen MR) is 107 cm³/mol. The Bertz CT molecular complexity index is 666. The second-order valence-corrected chi connectivity index (χ2v) is 6.01. The molecule has 0 atom stereocenters. The van der Waals surface area contributed by atoms with Crippen molar-refractivity contribution in [1.29, 1.82) is 0 Å². The van der Waals surface area contributed by atoms with E-state index in [0.29, 0.717) is 6.61 Å². The molecule has 0 fully saturated rings. The highest BCUT2D eigenvalue weighted by molar-refractivity contribution is 5.79. The summed E-state index contributed by atoms with van der Waals surface area (Å²) in [5, 5.41) is 11.2. The Labute approximate surface area is 156 Å². The zero-order valence-electron chi connectivity index (χ0n) is 16.2. The highest BCUT2D eigenvalue weighted by Gasteiger charge is 2.06. The molecule has 1 heterocycles. The van der Waals surface area contributed by atoms with E-state index in [1.807, 2.05) is 29.8 Å². The van der Waals surface area contributed by atoms with Crippen LogP contribution < -0.4 is 10.6 Å². The molecular formula is C20H31N5O. The number of benzene rings is 1. The molecule has 0 aliphatic carbocycles. The summed E-state index contributed by atoms with van der Waals surface area (Å²) in [4.78, 5) is 4.63. The number of guanidine groups is 1. The molecule has 1 aromatic carbocycles. The number of hydrogen-bond donors (Lipinski definition) is 2. The van der Waals surface area contributed by atoms with Gasteiger partial charge in [-0.2, -0.15) is 5.10 Å². The van der Waals surface area contributed by atoms with Gasteiger partial charge in [0.2, 0.25) is 0 Å². The fourth-order valence-electron chi connectivity index (χ4n) is 2.64. The van der Waals surface area contributed by atoms with Crippen LogP contribution >= 0.6 is 0 Å². The summed E-state index contributed by atoms with van der Waals surface area (Å²) >= 11 is 0. The second kappa shape index (κ2) is 11.3. The van der Waals surface area contributed by atoms with Crippen LogP contribution in [0.15, 0.2) is 41.5 Å². The first kappa shape index (κ1) is 20.0. The molecule has 0 amide bonds. The van der Waals surface area contributed by atoms with Gasteiger partial charge in [-0.25, -0.2) is 4.68 Å². The van der Waals surface area contributed by atoms with E-state index in [9.17, 15) is 0 Å². The highest BCUT2D eigenvalue weighted by atomic mass is 16.5. The van der Waals surface area contributed by atoms with Crippen LogP contribution in [-0.4, -0.2) is 48.6 Å². The molecule has 0 radical (unpaired) electrons. The summed E-state index contributed by atoms with van der Waals surface area (Å²) in [5.41, 5.74) is 3.45. The quantitative estimate of drug-likeness (QED) is 0.390. The first-order chi connectivity index (χ1) is 12.7. The van der Waals surface area contributed by atoms with Crippen LogP contribution in [-0.2, 0) is 11.2 Å². The maximum atomic E-state index is 5.34. The van der Waals surface area contributed by atoms with E-state index < -0.39 is 0 Å². The number of aliphatic imine (C=N–C) groups is 1. The summed E-state index contributed by atoms with van der Waals surface area (Å²) < 4.78 is 7.29. The van der Waals surface area contributed by atoms with E-state index in [2.05, 4.69) is 52.9 Å². The van der Waals surface area contributed by atoms with Gasteiger partial charge in [-0.15, -0.1) is 0 Å². The molecule has 2 rings (SSSR count). The van der Waals surface area contributed by atoms with E-state index in [-0.39, 0.29) is 0 Å². The van der Waals surface area contributed by atoms with Crippen LogP contribution in [0.3, 0.4) is 0 Å². The van der Waals surface area contributed by atoms with E-state index >= 15 is 0 Å². The fourth-order valence-corrected chi connectivity index (χ4v) is 2.64. The highest BCUT2D eigenvalue weighted by Crippen LogP contribution is 2.13. The van der Waals surface area contributed by atoms with E-state index in [0.717, 1.165) is 56.4 Å². The van der Waals surface area contributed by atoms with Crippen molar-refractivity contribution in [3.8, 4) is 5.69 Å². The molecule has 0 bridgehead atoms. The fraction of sp³-hybridized carbons (Fsp3) is 0.500. The van der Waals surface area contributed by atoms with Crippen molar-refractivity contribution in [2.45, 2.75) is 33.6 Å². The smallest absolute Gasteiger partial charge is 0.191 e. The van der Waals surface area contributed by atoms with Crippen LogP contribution in [0.5, 0.6) is 0 Å². The van der Waals surface area contributed by atoms with Gasteiger partial charge in [0.1, 0.15) is 0 Å². The number of para-hydroxylation sites is 1. The maximum Gasteiger partial charge on any atom is 0.191 e. The molecule has 6 heteroatoms. The topological polar surface area (TPSA) is 63.5 Å². The SMILES string of the molecule is CCNC(=NCCCc1cn(-c2ccccc2)nc1C)NCCOCC. The summed E-state index contributed by atoms with van der Waals surface area (Å²) in [5.74, 6) is 0.851. The lowest BCUT2D eigenvalue weighted by molar-refractivity contribution is 0.152. The van der Waals surface area contributed by atoms with Crippen LogP contribution in [0.1, 0.15) is 31.5 Å². The Balaban J connectivity index is 1.83. The van der Waals surface area contributed by atoms with Gasteiger partial charge >= 0.3 is 0 Å². The predicted octanol–water partition coefficient (Wildman–Crippen LogP) is 2.70. The van der Waals surface area contributed by atoms with Crippen LogP contribution in [0, 0.1) is 6.92 Å². The molecule has 2 N–H and O–H groups in total. The molecule has 142 valence electrons. The van der Waals surface area contributed by atoms with Crippen molar-refractivity contribution in [2.75, 3.05) is 32.8 Å². The van der Waals surface area contributed by atoms with Crippen molar-refractivity contribution in [3.63, 3.8) is 0 Å². The molecule has 0 saturated heterocycles. The molecule has 0 unspecified atom stereocenters. The van der Waals surface area contributed by atoms with Crippen molar-refractivity contribution >= 4 is 5.96 Å². The molecule has 0 saturated carbocycles. The molecule has 2 aromatic rings. The Morgan fingerprint density at radius 3 is 2.73 bits per heavy atom. The molecular weight excluding hydrogens is 326 g/mol. The van der Waals surface area contributed by atoms with E-state index in [1.54, 1.807) is 0 Å². The van der Waals surface area contributed by atoms with Gasteiger partial charge in [0.25, 0.3) is 0 Å². The van der Waals surface area contributed by atoms with Crippen molar-refractivity contribution in [3.05, 3.63) is 47.8 Å². The van der Waals surface area contributed by atoms with Crippen molar-refractivity contribution < 1.29 is 4.74 Å². The lowest BCUT2D eigenvalue weighted by Crippen LogP contribution is -2.39. The Morgan fingerprint density at radius 1 is 1.19 bits per heavy atom. The number of nitrogens with zero attached hydrogens (tertiary/aromatic N) is 3. The average Bonchev–Trinajstić information content (AvgIpc) is 3.03. The third-order valence-corrected chi connectivity index (χ3v) is 3.98. The normalized spacial score (nSPS) is 11.6. The minimum absolute atomic E-state index is 0.693. The Kier molecular flexibility index (Phi) is 8.69. The number of hydrogen-bond acceptors (Lipinski definition) is 3. The maximum absolute atomic E-state index is 5.34. The monoisotopic (exact) mass is 357 g/mol. The summed E-state index contributed by atoms with van der Waals surface area (Å²) in [6.07, 6.45) is 4.09. The van der Waals surface area contributed by atoms with Gasteiger partial charge in [-0.3, -0.25) is 4.99 Å². The largest absolute Gasteiger partial charge is 0.380 e. The van der Waals surface area contributed by atoms with Crippen LogP contribution in [0.25, 0.3) is 5.69 Å². The lowest BCUT2D eigenvalue weighted by atomic mass is 10.1. The van der Waals surface area contributed by atoms with Crippen molar-refractivity contribution in [1.82, 2.24) is 20.4 Å². The Morgan fingerprint density at radius 2 is 2.00 bits per heavy atom. The molecule has 0 spiro atoms. The molecule has 0 aliphatic rings. The number of nitrogens with one attached hydrogen (secondary N) is 2. The Hall–Kier alpha value is -2.34. The average molecular weight is 358 g/mol. The second-order valence-electron chi connectivity index (χ2n) is 6.01. The van der Waals surface area contributed by atoms with Gasteiger partial charge in [-0.05, 0) is 51.3 Å². The number of rotatable bonds is 10. The first-order valence-corrected chi connectivity index (χ1v) is 9.45. The zero-order chi connectivity index (χ0) is 18.6. The lowest BCUT2D eigenvalue weighted by Gasteiger charge is -2.11. The third kappa shape index (κ3) is 6.52. The van der Waals surface area contributed by atoms with Crippen LogP contribution in [0.2, 0.25) is 0 Å². The summed E-state index contributed by atoms with van der Waals surface area (Å²) in [7, 11) is 0. The number of aryl methyl sites for hydroxylation is 2. The molecule has 0 aliphatic heterocycles. The van der Waals surface area contributed by atoms with Gasteiger partial charge in [0, 0.05) is 32.4 Å². The third-order valence-electron chi connectivity index (χ3n) is 3.98. The standard InChI is InChI=1S/C20H31N5O/c1-4-21-20(23-14-15-26-5-2)22-13-9-10-18-16-25(24-17(18)3)19-11-7-6-8-12-19/h6-8,11-12,16H,4-5,9-10,13-15H2,1-3H3,(H2,21,22,23). The minimum Gasteiger partial charge on any atom is -0.380 e. The molecule has 6 nitrogen and oxygen atoms in total. The minimum atomic E-state index is 0.693. The van der Waals surface area contributed by atoms with Gasteiger partial charge in [0.15, 0.2) is 5.96 Å². The molecule has 1 aromatic heterocycles. The first-order valence-electron chi connectivity index (χ1n) is 9.45. The van der Waals surface area contributed by atoms with E-state index in [4.69, 9.17) is 4.74 Å². The van der Waals surface area contributed by atoms with Gasteiger partial charge in [-0.1, -0.05) is 18.2 Å².